The second-order valence-corrected chi connectivity index (χ2v) is 4.24. The minimum atomic E-state index is -0.182. The average Bonchev–Trinajstić information content (AvgIpc) is 2.05. The van der Waals surface area contributed by atoms with Gasteiger partial charge in [-0.3, -0.25) is 4.79 Å². The molecule has 0 atom stereocenters. The number of hydrogen-bond acceptors (Lipinski definition) is 1. The van der Waals surface area contributed by atoms with Crippen molar-refractivity contribution in [1.29, 1.82) is 0 Å². The molecule has 0 radical (unpaired) electrons. The van der Waals surface area contributed by atoms with Crippen LogP contribution in [0.5, 0.6) is 0 Å². The first kappa shape index (κ1) is 14.1. The van der Waals surface area contributed by atoms with Gasteiger partial charge in [0.25, 0.3) is 0 Å². The Balaban J connectivity index is 0.00000144. The molecule has 1 amide bonds. The van der Waals surface area contributed by atoms with Crippen LogP contribution in [0, 0.1) is 11.3 Å². The summed E-state index contributed by atoms with van der Waals surface area (Å²) < 4.78 is 0. The molecule has 1 fully saturated rings. The Bertz CT molecular complexity index is 174. The maximum absolute atomic E-state index is 11.3. The fourth-order valence-corrected chi connectivity index (χ4v) is 2.29. The molecule has 0 heterocycles. The standard InChI is InChI=1S/C10H19NO.K.H/c1-8(2)10(9(11)12)6-4-3-5-7-10;;/h8H,3-7H2,1-2H3,(H2,11,12);;. The van der Waals surface area contributed by atoms with E-state index in [9.17, 15) is 4.79 Å². The molecule has 1 aliphatic rings. The van der Waals surface area contributed by atoms with Gasteiger partial charge in [-0.05, 0) is 18.8 Å². The molecule has 0 aromatic carbocycles. The molecule has 0 aromatic rings. The monoisotopic (exact) mass is 209 g/mol. The van der Waals surface area contributed by atoms with E-state index < -0.39 is 0 Å². The molecule has 72 valence electrons. The van der Waals surface area contributed by atoms with E-state index in [-0.39, 0.29) is 62.7 Å². The van der Waals surface area contributed by atoms with Crippen LogP contribution < -0.4 is 5.73 Å². The van der Waals surface area contributed by atoms with Crippen molar-refractivity contribution in [1.82, 2.24) is 0 Å². The zero-order valence-electron chi connectivity index (χ0n) is 8.10. The van der Waals surface area contributed by atoms with Crippen LogP contribution in [-0.4, -0.2) is 57.3 Å². The van der Waals surface area contributed by atoms with Crippen molar-refractivity contribution in [2.45, 2.75) is 46.0 Å². The molecule has 3 heteroatoms. The number of rotatable bonds is 2. The third-order valence-electron chi connectivity index (χ3n) is 3.34. The summed E-state index contributed by atoms with van der Waals surface area (Å²) in [4.78, 5) is 11.3. The summed E-state index contributed by atoms with van der Waals surface area (Å²) in [6.07, 6.45) is 5.60. The van der Waals surface area contributed by atoms with Gasteiger partial charge in [-0.15, -0.1) is 0 Å². The number of primary amides is 1. The molecule has 1 rings (SSSR count). The number of nitrogens with two attached hydrogens (primary N) is 1. The summed E-state index contributed by atoms with van der Waals surface area (Å²) in [5.74, 6) is 0.313. The SMILES string of the molecule is CC(C)C1(C(N)=O)CCCCC1.[KH]. The molecule has 0 aliphatic heterocycles. The first-order chi connectivity index (χ1) is 5.59. The predicted molar refractivity (Wildman–Crippen MR) is 56.7 cm³/mol. The number of amides is 1. The summed E-state index contributed by atoms with van der Waals surface area (Å²) in [7, 11) is 0. The van der Waals surface area contributed by atoms with Crippen LogP contribution in [0.4, 0.5) is 0 Å². The molecule has 0 saturated heterocycles. The first-order valence-electron chi connectivity index (χ1n) is 4.89. The van der Waals surface area contributed by atoms with Crippen LogP contribution in [0.25, 0.3) is 0 Å². The van der Waals surface area contributed by atoms with E-state index in [0.717, 1.165) is 12.8 Å². The van der Waals surface area contributed by atoms with Crippen LogP contribution >= 0.6 is 0 Å². The number of hydrogen-bond donors (Lipinski definition) is 1. The van der Waals surface area contributed by atoms with Crippen LogP contribution in [0.3, 0.4) is 0 Å². The van der Waals surface area contributed by atoms with E-state index in [4.69, 9.17) is 5.73 Å². The van der Waals surface area contributed by atoms with Crippen molar-refractivity contribution in [2.75, 3.05) is 0 Å². The Morgan fingerprint density at radius 2 is 1.69 bits per heavy atom. The van der Waals surface area contributed by atoms with E-state index in [1.165, 1.54) is 19.3 Å². The first-order valence-corrected chi connectivity index (χ1v) is 4.89. The summed E-state index contributed by atoms with van der Waals surface area (Å²) in [5, 5.41) is 0. The van der Waals surface area contributed by atoms with Gasteiger partial charge in [-0.2, -0.15) is 0 Å². The molecule has 0 bridgehead atoms. The van der Waals surface area contributed by atoms with Crippen molar-refractivity contribution in [3.05, 3.63) is 0 Å². The molecule has 1 saturated carbocycles. The Morgan fingerprint density at radius 3 is 1.92 bits per heavy atom. The molecule has 0 aromatic heterocycles. The molecule has 13 heavy (non-hydrogen) atoms. The van der Waals surface area contributed by atoms with Gasteiger partial charge < -0.3 is 5.73 Å². The normalized spacial score (nSPS) is 20.8. The van der Waals surface area contributed by atoms with E-state index >= 15 is 0 Å². The summed E-state index contributed by atoms with van der Waals surface area (Å²) >= 11 is 0. The second kappa shape index (κ2) is 5.86. The zero-order valence-corrected chi connectivity index (χ0v) is 8.10. The minimum absolute atomic E-state index is 0. The van der Waals surface area contributed by atoms with Crippen LogP contribution in [0.1, 0.15) is 46.0 Å². The predicted octanol–water partition coefficient (Wildman–Crippen LogP) is 1.43. The van der Waals surface area contributed by atoms with Crippen molar-refractivity contribution in [3.63, 3.8) is 0 Å². The van der Waals surface area contributed by atoms with Gasteiger partial charge in [0.2, 0.25) is 5.91 Å². The van der Waals surface area contributed by atoms with Crippen LogP contribution in [0.15, 0.2) is 0 Å². The molecular weight excluding hydrogens is 189 g/mol. The fourth-order valence-electron chi connectivity index (χ4n) is 2.29. The van der Waals surface area contributed by atoms with Gasteiger partial charge in [0, 0.05) is 0 Å². The van der Waals surface area contributed by atoms with Gasteiger partial charge in [-0.25, -0.2) is 0 Å². The Labute approximate surface area is 123 Å². The summed E-state index contributed by atoms with van der Waals surface area (Å²) in [6, 6.07) is 0. The van der Waals surface area contributed by atoms with Crippen molar-refractivity contribution < 1.29 is 4.79 Å². The molecule has 2 N–H and O–H groups in total. The Morgan fingerprint density at radius 1 is 1.23 bits per heavy atom. The van der Waals surface area contributed by atoms with E-state index in [2.05, 4.69) is 13.8 Å². The van der Waals surface area contributed by atoms with Crippen molar-refractivity contribution >= 4 is 57.3 Å². The molecular formula is C10H20KNO. The van der Waals surface area contributed by atoms with E-state index in [1.807, 2.05) is 0 Å². The van der Waals surface area contributed by atoms with Gasteiger partial charge in [0.15, 0.2) is 0 Å². The van der Waals surface area contributed by atoms with E-state index in [1.54, 1.807) is 0 Å². The van der Waals surface area contributed by atoms with Crippen LogP contribution in [0.2, 0.25) is 0 Å². The molecule has 0 spiro atoms. The van der Waals surface area contributed by atoms with Crippen LogP contribution in [-0.2, 0) is 4.79 Å². The van der Waals surface area contributed by atoms with Gasteiger partial charge >= 0.3 is 51.4 Å². The van der Waals surface area contributed by atoms with Gasteiger partial charge in [0.05, 0.1) is 5.41 Å². The third kappa shape index (κ3) is 3.03. The van der Waals surface area contributed by atoms with E-state index in [0.29, 0.717) is 5.92 Å². The quantitative estimate of drug-likeness (QED) is 0.687. The third-order valence-corrected chi connectivity index (χ3v) is 3.34. The Kier molecular flexibility index (Phi) is 6.36. The molecule has 1 aliphatic carbocycles. The number of carbonyl (C=O) groups is 1. The van der Waals surface area contributed by atoms with Crippen molar-refractivity contribution in [2.24, 2.45) is 17.1 Å². The summed E-state index contributed by atoms with van der Waals surface area (Å²) in [6.45, 7) is 4.21. The Hall–Kier alpha value is 1.11. The van der Waals surface area contributed by atoms with Gasteiger partial charge in [-0.1, -0.05) is 33.1 Å². The molecule has 0 unspecified atom stereocenters. The zero-order chi connectivity index (χ0) is 9.19. The molecule has 2 nitrogen and oxygen atoms in total. The van der Waals surface area contributed by atoms with Crippen molar-refractivity contribution in [3.8, 4) is 0 Å². The number of carbonyl (C=O) groups excluding carboxylic acids is 1. The second-order valence-electron chi connectivity index (χ2n) is 4.24. The average molecular weight is 209 g/mol. The summed E-state index contributed by atoms with van der Waals surface area (Å²) in [5.41, 5.74) is 5.28. The topological polar surface area (TPSA) is 43.1 Å². The maximum atomic E-state index is 11.3. The van der Waals surface area contributed by atoms with Gasteiger partial charge in [0.1, 0.15) is 0 Å². The fraction of sp³-hybridized carbons (Fsp3) is 0.900.